The van der Waals surface area contributed by atoms with Gasteiger partial charge in [0.15, 0.2) is 5.16 Å². The number of hydrogen-bond donors (Lipinski definition) is 1. The SMILES string of the molecule is CCOC(=O)Cc1nnc(S[C@H](C)C(=O)Nc2cccc(F)c2)n1C. The first-order chi connectivity index (χ1) is 11.9. The van der Waals surface area contributed by atoms with Crippen LogP contribution in [0.25, 0.3) is 0 Å². The summed E-state index contributed by atoms with van der Waals surface area (Å²) in [7, 11) is 1.72. The van der Waals surface area contributed by atoms with Gasteiger partial charge in [0.2, 0.25) is 5.91 Å². The second-order valence-corrected chi connectivity index (χ2v) is 6.51. The Kier molecular flexibility index (Phi) is 6.51. The van der Waals surface area contributed by atoms with E-state index in [1.165, 1.54) is 30.0 Å². The molecule has 1 amide bonds. The molecule has 7 nitrogen and oxygen atoms in total. The van der Waals surface area contributed by atoms with Crippen molar-refractivity contribution in [2.75, 3.05) is 11.9 Å². The minimum absolute atomic E-state index is 0.0156. The molecule has 1 atom stereocenters. The van der Waals surface area contributed by atoms with Crippen LogP contribution in [-0.2, 0) is 27.8 Å². The molecule has 0 aliphatic heterocycles. The highest BCUT2D eigenvalue weighted by Gasteiger charge is 2.20. The highest BCUT2D eigenvalue weighted by atomic mass is 32.2. The molecular formula is C16H19FN4O3S. The van der Waals surface area contributed by atoms with Crippen LogP contribution in [0.4, 0.5) is 10.1 Å². The van der Waals surface area contributed by atoms with Crippen LogP contribution in [0.5, 0.6) is 0 Å². The van der Waals surface area contributed by atoms with E-state index in [9.17, 15) is 14.0 Å². The van der Waals surface area contributed by atoms with Crippen molar-refractivity contribution in [1.29, 1.82) is 0 Å². The minimum atomic E-state index is -0.485. The smallest absolute Gasteiger partial charge is 0.313 e. The lowest BCUT2D eigenvalue weighted by Gasteiger charge is -2.11. The Morgan fingerprint density at radius 3 is 2.84 bits per heavy atom. The lowest BCUT2D eigenvalue weighted by molar-refractivity contribution is -0.142. The fourth-order valence-corrected chi connectivity index (χ4v) is 2.80. The molecule has 0 bridgehead atoms. The third kappa shape index (κ3) is 5.28. The van der Waals surface area contributed by atoms with Gasteiger partial charge in [-0.15, -0.1) is 10.2 Å². The molecule has 0 aliphatic rings. The van der Waals surface area contributed by atoms with Crippen molar-refractivity contribution in [3.05, 3.63) is 35.9 Å². The van der Waals surface area contributed by atoms with Crippen molar-refractivity contribution in [3.8, 4) is 0 Å². The summed E-state index contributed by atoms with van der Waals surface area (Å²) in [6.45, 7) is 3.74. The number of benzene rings is 1. The average molecular weight is 366 g/mol. The summed E-state index contributed by atoms with van der Waals surface area (Å²) in [4.78, 5) is 23.8. The van der Waals surface area contributed by atoms with Gasteiger partial charge in [-0.05, 0) is 32.0 Å². The zero-order valence-electron chi connectivity index (χ0n) is 14.2. The van der Waals surface area contributed by atoms with Gasteiger partial charge >= 0.3 is 5.97 Å². The van der Waals surface area contributed by atoms with Gasteiger partial charge in [-0.1, -0.05) is 17.8 Å². The van der Waals surface area contributed by atoms with Crippen LogP contribution in [0, 0.1) is 5.82 Å². The van der Waals surface area contributed by atoms with Gasteiger partial charge in [-0.2, -0.15) is 0 Å². The molecule has 134 valence electrons. The number of rotatable bonds is 7. The molecule has 0 radical (unpaired) electrons. The van der Waals surface area contributed by atoms with E-state index in [0.29, 0.717) is 23.3 Å². The zero-order chi connectivity index (χ0) is 18.4. The standard InChI is InChI=1S/C16H19FN4O3S/c1-4-24-14(22)9-13-19-20-16(21(13)3)25-10(2)15(23)18-12-7-5-6-11(17)8-12/h5-8,10H,4,9H2,1-3H3,(H,18,23)/t10-/m1/s1. The van der Waals surface area contributed by atoms with Crippen molar-refractivity contribution < 1.29 is 18.7 Å². The maximum Gasteiger partial charge on any atom is 0.313 e. The molecule has 0 aliphatic carbocycles. The number of carbonyl (C=O) groups is 2. The van der Waals surface area contributed by atoms with Gasteiger partial charge in [0, 0.05) is 12.7 Å². The van der Waals surface area contributed by atoms with Crippen molar-refractivity contribution in [3.63, 3.8) is 0 Å². The lowest BCUT2D eigenvalue weighted by atomic mass is 10.3. The summed E-state index contributed by atoms with van der Waals surface area (Å²) < 4.78 is 19.7. The first kappa shape index (κ1) is 18.9. The summed E-state index contributed by atoms with van der Waals surface area (Å²) >= 11 is 1.19. The second-order valence-electron chi connectivity index (χ2n) is 5.20. The predicted molar refractivity (Wildman–Crippen MR) is 91.7 cm³/mol. The quantitative estimate of drug-likeness (QED) is 0.597. The molecule has 1 N–H and O–H groups in total. The predicted octanol–water partition coefficient (Wildman–Crippen LogP) is 2.18. The Balaban J connectivity index is 1.98. The third-order valence-corrected chi connectivity index (χ3v) is 4.41. The number of carbonyl (C=O) groups excluding carboxylic acids is 2. The molecule has 2 aromatic rings. The van der Waals surface area contributed by atoms with Crippen LogP contribution in [0.2, 0.25) is 0 Å². The Hall–Kier alpha value is -2.42. The number of nitrogens with one attached hydrogen (secondary N) is 1. The highest BCUT2D eigenvalue weighted by Crippen LogP contribution is 2.23. The van der Waals surface area contributed by atoms with E-state index < -0.39 is 11.1 Å². The number of anilines is 1. The first-order valence-corrected chi connectivity index (χ1v) is 8.55. The maximum absolute atomic E-state index is 13.2. The summed E-state index contributed by atoms with van der Waals surface area (Å²) in [5.41, 5.74) is 0.387. The Morgan fingerprint density at radius 2 is 2.16 bits per heavy atom. The normalized spacial score (nSPS) is 11.8. The second kappa shape index (κ2) is 8.61. The zero-order valence-corrected chi connectivity index (χ0v) is 15.0. The number of ether oxygens (including phenoxy) is 1. The third-order valence-electron chi connectivity index (χ3n) is 3.28. The Morgan fingerprint density at radius 1 is 1.40 bits per heavy atom. The maximum atomic E-state index is 13.2. The molecule has 1 aromatic carbocycles. The van der Waals surface area contributed by atoms with Crippen LogP contribution >= 0.6 is 11.8 Å². The van der Waals surface area contributed by atoms with Crippen molar-refractivity contribution >= 4 is 29.3 Å². The fraction of sp³-hybridized carbons (Fsp3) is 0.375. The number of nitrogens with zero attached hydrogens (tertiary/aromatic N) is 3. The van der Waals surface area contributed by atoms with Gasteiger partial charge in [-0.25, -0.2) is 4.39 Å². The van der Waals surface area contributed by atoms with E-state index in [2.05, 4.69) is 15.5 Å². The van der Waals surface area contributed by atoms with Crippen LogP contribution in [0.3, 0.4) is 0 Å². The van der Waals surface area contributed by atoms with Gasteiger partial charge in [0.1, 0.15) is 18.1 Å². The molecule has 0 saturated heterocycles. The van der Waals surface area contributed by atoms with E-state index in [4.69, 9.17) is 4.74 Å². The van der Waals surface area contributed by atoms with Gasteiger partial charge in [-0.3, -0.25) is 9.59 Å². The van der Waals surface area contributed by atoms with E-state index >= 15 is 0 Å². The van der Waals surface area contributed by atoms with E-state index in [1.807, 2.05) is 0 Å². The molecule has 1 aromatic heterocycles. The van der Waals surface area contributed by atoms with Crippen LogP contribution in [-0.4, -0.2) is 38.5 Å². The van der Waals surface area contributed by atoms with Crippen molar-refractivity contribution in [2.45, 2.75) is 30.7 Å². The topological polar surface area (TPSA) is 86.1 Å². The summed E-state index contributed by atoms with van der Waals surface area (Å²) in [6, 6.07) is 5.68. The largest absolute Gasteiger partial charge is 0.466 e. The summed E-state index contributed by atoms with van der Waals surface area (Å²) in [5, 5.41) is 10.6. The molecule has 2 rings (SSSR count). The minimum Gasteiger partial charge on any atom is -0.466 e. The Labute approximate surface area is 149 Å². The van der Waals surface area contributed by atoms with Gasteiger partial charge < -0.3 is 14.6 Å². The molecule has 0 saturated carbocycles. The number of esters is 1. The molecule has 0 fully saturated rings. The molecule has 9 heteroatoms. The number of halogens is 1. The highest BCUT2D eigenvalue weighted by molar-refractivity contribution is 8.00. The van der Waals surface area contributed by atoms with Crippen LogP contribution < -0.4 is 5.32 Å². The Bertz CT molecular complexity index is 766. The molecule has 0 spiro atoms. The molecular weight excluding hydrogens is 347 g/mol. The van der Waals surface area contributed by atoms with Crippen molar-refractivity contribution in [1.82, 2.24) is 14.8 Å². The fourth-order valence-electron chi connectivity index (χ4n) is 1.96. The van der Waals surface area contributed by atoms with Gasteiger partial charge in [0.25, 0.3) is 0 Å². The van der Waals surface area contributed by atoms with Crippen LogP contribution in [0.1, 0.15) is 19.7 Å². The molecule has 25 heavy (non-hydrogen) atoms. The van der Waals surface area contributed by atoms with E-state index in [1.54, 1.807) is 31.5 Å². The monoisotopic (exact) mass is 366 g/mol. The average Bonchev–Trinajstić information content (AvgIpc) is 2.88. The van der Waals surface area contributed by atoms with Crippen molar-refractivity contribution in [2.24, 2.45) is 7.05 Å². The van der Waals surface area contributed by atoms with E-state index in [-0.39, 0.29) is 18.3 Å². The number of amides is 1. The number of thioether (sulfide) groups is 1. The summed E-state index contributed by atoms with van der Waals surface area (Å²) in [6.07, 6.45) is 0.0156. The van der Waals surface area contributed by atoms with Crippen LogP contribution in [0.15, 0.2) is 29.4 Å². The summed E-state index contributed by atoms with van der Waals surface area (Å²) in [5.74, 6) is -0.634. The lowest BCUT2D eigenvalue weighted by Crippen LogP contribution is -2.23. The van der Waals surface area contributed by atoms with Gasteiger partial charge in [0.05, 0.1) is 11.9 Å². The number of aromatic nitrogens is 3. The number of hydrogen-bond acceptors (Lipinski definition) is 6. The first-order valence-electron chi connectivity index (χ1n) is 7.67. The van der Waals surface area contributed by atoms with E-state index in [0.717, 1.165) is 0 Å². The molecule has 1 heterocycles. The molecule has 0 unspecified atom stereocenters.